The van der Waals surface area contributed by atoms with E-state index in [-0.39, 0.29) is 17.9 Å². The number of hydrogen-bond acceptors (Lipinski definition) is 7. The number of carboxylic acids is 2. The zero-order valence-corrected chi connectivity index (χ0v) is 10.2. The molecule has 1 aliphatic rings. The van der Waals surface area contributed by atoms with Crippen LogP contribution in [0.25, 0.3) is 0 Å². The van der Waals surface area contributed by atoms with Crippen LogP contribution in [0.4, 0.5) is 0 Å². The minimum atomic E-state index is -2.37. The van der Waals surface area contributed by atoms with Gasteiger partial charge in [0.1, 0.15) is 5.54 Å². The van der Waals surface area contributed by atoms with Crippen LogP contribution in [-0.2, 0) is 28.8 Å². The third-order valence-electron chi connectivity index (χ3n) is 2.52. The molecule has 1 fully saturated rings. The van der Waals surface area contributed by atoms with E-state index in [2.05, 4.69) is 4.84 Å². The first-order chi connectivity index (χ1) is 9.15. The van der Waals surface area contributed by atoms with Gasteiger partial charge in [0.05, 0.1) is 12.8 Å². The molecule has 0 aromatic heterocycles. The van der Waals surface area contributed by atoms with E-state index in [0.717, 1.165) is 0 Å². The molecule has 4 N–H and O–H groups in total. The maximum Gasteiger partial charge on any atom is 0.354 e. The van der Waals surface area contributed by atoms with Crippen molar-refractivity contribution in [3.05, 3.63) is 0 Å². The third kappa shape index (κ3) is 3.51. The summed E-state index contributed by atoms with van der Waals surface area (Å²) in [6, 6.07) is 0. The molecule has 20 heavy (non-hydrogen) atoms. The van der Waals surface area contributed by atoms with Gasteiger partial charge in [-0.15, -0.1) is 5.06 Å². The molecule has 10 nitrogen and oxygen atoms in total. The summed E-state index contributed by atoms with van der Waals surface area (Å²) in [5.74, 6) is -6.08. The van der Waals surface area contributed by atoms with E-state index >= 15 is 0 Å². The Morgan fingerprint density at radius 1 is 1.10 bits per heavy atom. The second kappa shape index (κ2) is 5.65. The van der Waals surface area contributed by atoms with E-state index in [9.17, 15) is 24.0 Å². The lowest BCUT2D eigenvalue weighted by Gasteiger charge is -2.25. The fourth-order valence-corrected chi connectivity index (χ4v) is 1.58. The maximum absolute atomic E-state index is 11.8. The lowest BCUT2D eigenvalue weighted by atomic mass is 9.93. The van der Waals surface area contributed by atoms with Crippen LogP contribution < -0.4 is 5.73 Å². The van der Waals surface area contributed by atoms with Gasteiger partial charge in [-0.3, -0.25) is 19.2 Å². The number of nitrogens with two attached hydrogens (primary N) is 1. The highest BCUT2D eigenvalue weighted by Crippen LogP contribution is 2.19. The summed E-state index contributed by atoms with van der Waals surface area (Å²) in [5.41, 5.74) is 3.05. The number of carboxylic acid groups (broad SMARTS) is 2. The molecule has 0 aliphatic carbocycles. The molecule has 1 heterocycles. The van der Waals surface area contributed by atoms with Crippen LogP contribution >= 0.6 is 0 Å². The second-order valence-electron chi connectivity index (χ2n) is 4.26. The smallest absolute Gasteiger partial charge is 0.354 e. The number of rotatable bonds is 6. The number of hydrogen-bond donors (Lipinski definition) is 3. The Morgan fingerprint density at radius 2 is 1.50 bits per heavy atom. The molecular weight excluding hydrogens is 276 g/mol. The summed E-state index contributed by atoms with van der Waals surface area (Å²) < 4.78 is 0. The monoisotopic (exact) mass is 288 g/mol. The predicted octanol–water partition coefficient (Wildman–Crippen LogP) is -1.76. The van der Waals surface area contributed by atoms with Crippen LogP contribution in [0, 0.1) is 0 Å². The van der Waals surface area contributed by atoms with Crippen molar-refractivity contribution in [1.29, 1.82) is 0 Å². The van der Waals surface area contributed by atoms with Crippen molar-refractivity contribution in [2.45, 2.75) is 31.2 Å². The first-order valence-electron chi connectivity index (χ1n) is 5.46. The highest BCUT2D eigenvalue weighted by atomic mass is 16.7. The highest BCUT2D eigenvalue weighted by Gasteiger charge is 2.44. The number of amides is 2. The van der Waals surface area contributed by atoms with Crippen LogP contribution in [0.3, 0.4) is 0 Å². The molecule has 1 rings (SSSR count). The Morgan fingerprint density at radius 3 is 1.85 bits per heavy atom. The normalized spacial score (nSPS) is 15.3. The average molecular weight is 288 g/mol. The molecular formula is C10H12N2O8. The maximum atomic E-state index is 11.8. The summed E-state index contributed by atoms with van der Waals surface area (Å²) in [7, 11) is 0. The van der Waals surface area contributed by atoms with Crippen LogP contribution in [0.5, 0.6) is 0 Å². The standard InChI is InChI=1S/C10H12N2O8/c11-10(3-7(15)16,4-8(17)18)9(19)20-12-5(13)1-2-6(12)14/h1-4,11H2,(H,15,16)(H,17,18). The number of nitrogens with zero attached hydrogens (tertiary/aromatic N) is 1. The largest absolute Gasteiger partial charge is 0.481 e. The molecule has 0 spiro atoms. The molecule has 0 aromatic rings. The zero-order valence-electron chi connectivity index (χ0n) is 10.2. The molecule has 1 aliphatic heterocycles. The zero-order chi connectivity index (χ0) is 15.5. The molecule has 10 heteroatoms. The van der Waals surface area contributed by atoms with E-state index in [1.165, 1.54) is 0 Å². The van der Waals surface area contributed by atoms with Gasteiger partial charge in [0.2, 0.25) is 0 Å². The molecule has 110 valence electrons. The molecule has 0 aromatic carbocycles. The Balaban J connectivity index is 2.88. The van der Waals surface area contributed by atoms with Crippen molar-refractivity contribution in [2.24, 2.45) is 5.73 Å². The average Bonchev–Trinajstić information content (AvgIpc) is 2.58. The lowest BCUT2D eigenvalue weighted by Crippen LogP contribution is -2.54. The fraction of sp³-hybridized carbons (Fsp3) is 0.500. The molecule has 0 radical (unpaired) electrons. The number of aliphatic carboxylic acids is 2. The lowest BCUT2D eigenvalue weighted by molar-refractivity contribution is -0.202. The highest BCUT2D eigenvalue weighted by molar-refractivity contribution is 6.02. The van der Waals surface area contributed by atoms with E-state index in [1.807, 2.05) is 0 Å². The molecule has 0 saturated carbocycles. The molecule has 0 bridgehead atoms. The first-order valence-corrected chi connectivity index (χ1v) is 5.46. The Bertz CT molecular complexity index is 454. The summed E-state index contributed by atoms with van der Waals surface area (Å²) in [6.45, 7) is 0. The van der Waals surface area contributed by atoms with Gasteiger partial charge in [-0.05, 0) is 0 Å². The summed E-state index contributed by atoms with van der Waals surface area (Å²) in [5, 5.41) is 17.5. The van der Waals surface area contributed by atoms with Crippen LogP contribution in [-0.4, -0.2) is 50.5 Å². The third-order valence-corrected chi connectivity index (χ3v) is 2.52. The van der Waals surface area contributed by atoms with E-state index in [4.69, 9.17) is 15.9 Å². The van der Waals surface area contributed by atoms with Gasteiger partial charge < -0.3 is 20.8 Å². The van der Waals surface area contributed by atoms with Crippen molar-refractivity contribution < 1.29 is 39.0 Å². The summed E-state index contributed by atoms with van der Waals surface area (Å²) >= 11 is 0. The van der Waals surface area contributed by atoms with Crippen molar-refractivity contribution >= 4 is 29.7 Å². The predicted molar refractivity (Wildman–Crippen MR) is 58.6 cm³/mol. The fourth-order valence-electron chi connectivity index (χ4n) is 1.58. The van der Waals surface area contributed by atoms with Crippen LogP contribution in [0.2, 0.25) is 0 Å². The molecule has 0 atom stereocenters. The van der Waals surface area contributed by atoms with E-state index < -0.39 is 48.1 Å². The van der Waals surface area contributed by atoms with Gasteiger partial charge in [-0.25, -0.2) is 4.79 Å². The van der Waals surface area contributed by atoms with Gasteiger partial charge >= 0.3 is 17.9 Å². The summed E-state index contributed by atoms with van der Waals surface area (Å²) in [6.07, 6.45) is -2.34. The Hall–Kier alpha value is -2.49. The van der Waals surface area contributed by atoms with Gasteiger partial charge in [0.15, 0.2) is 0 Å². The van der Waals surface area contributed by atoms with Crippen molar-refractivity contribution in [3.63, 3.8) is 0 Å². The van der Waals surface area contributed by atoms with E-state index in [1.54, 1.807) is 0 Å². The molecule has 0 unspecified atom stereocenters. The number of hydroxylamine groups is 2. The van der Waals surface area contributed by atoms with Crippen molar-refractivity contribution in [1.82, 2.24) is 5.06 Å². The second-order valence-corrected chi connectivity index (χ2v) is 4.26. The molecule has 2 amide bonds. The SMILES string of the molecule is NC(CC(=O)O)(CC(=O)O)C(=O)ON1C(=O)CCC1=O. The van der Waals surface area contributed by atoms with Gasteiger partial charge in [-0.2, -0.15) is 0 Å². The Kier molecular flexibility index (Phi) is 4.40. The number of carbonyl (C=O) groups is 5. The number of carbonyl (C=O) groups excluding carboxylic acids is 3. The van der Waals surface area contributed by atoms with Crippen LogP contribution in [0.15, 0.2) is 0 Å². The van der Waals surface area contributed by atoms with Gasteiger partial charge in [0.25, 0.3) is 11.8 Å². The minimum absolute atomic E-state index is 0.151. The molecule has 1 saturated heterocycles. The summed E-state index contributed by atoms with van der Waals surface area (Å²) in [4.78, 5) is 60.0. The quantitative estimate of drug-likeness (QED) is 0.480. The topological polar surface area (TPSA) is 164 Å². The van der Waals surface area contributed by atoms with Crippen LogP contribution in [0.1, 0.15) is 25.7 Å². The first kappa shape index (κ1) is 15.6. The Labute approximate surface area is 112 Å². The van der Waals surface area contributed by atoms with Crippen molar-refractivity contribution in [2.75, 3.05) is 0 Å². The van der Waals surface area contributed by atoms with Crippen molar-refractivity contribution in [3.8, 4) is 0 Å². The number of imide groups is 1. The van der Waals surface area contributed by atoms with Gasteiger partial charge in [0, 0.05) is 12.8 Å². The van der Waals surface area contributed by atoms with Gasteiger partial charge in [-0.1, -0.05) is 0 Å². The van der Waals surface area contributed by atoms with E-state index in [0.29, 0.717) is 0 Å². The minimum Gasteiger partial charge on any atom is -0.481 e.